The van der Waals surface area contributed by atoms with Gasteiger partial charge < -0.3 is 4.90 Å². The van der Waals surface area contributed by atoms with Crippen molar-refractivity contribution in [2.75, 3.05) is 37.5 Å². The summed E-state index contributed by atoms with van der Waals surface area (Å²) in [5.74, 6) is 0.788. The van der Waals surface area contributed by atoms with Crippen LogP contribution < -0.4 is 4.90 Å². The summed E-state index contributed by atoms with van der Waals surface area (Å²) in [4.78, 5) is 17.0. The SMILES string of the molecule is CN(C)CCSC(=O)N1c2ccccc2C(C)(C)c2ccccc21.CS(=O)(=O)O. The van der Waals surface area contributed by atoms with Crippen LogP contribution in [0.3, 0.4) is 0 Å². The van der Waals surface area contributed by atoms with E-state index >= 15 is 0 Å². The number of para-hydroxylation sites is 2. The van der Waals surface area contributed by atoms with Gasteiger partial charge in [0.1, 0.15) is 0 Å². The number of hydrogen-bond donors (Lipinski definition) is 1. The van der Waals surface area contributed by atoms with Crippen LogP contribution in [0.2, 0.25) is 0 Å². The first-order valence-corrected chi connectivity index (χ1v) is 12.0. The zero-order valence-electron chi connectivity index (χ0n) is 17.4. The third-order valence-electron chi connectivity index (χ3n) is 4.58. The van der Waals surface area contributed by atoms with Crippen LogP contribution in [0.25, 0.3) is 0 Å². The van der Waals surface area contributed by atoms with Gasteiger partial charge in [-0.25, -0.2) is 0 Å². The molecule has 1 aliphatic heterocycles. The second-order valence-electron chi connectivity index (χ2n) is 7.65. The smallest absolute Gasteiger partial charge is 0.290 e. The molecule has 0 aliphatic carbocycles. The Hall–Kier alpha value is -1.87. The molecule has 1 N–H and O–H groups in total. The highest BCUT2D eigenvalue weighted by atomic mass is 32.2. The van der Waals surface area contributed by atoms with E-state index in [4.69, 9.17) is 4.55 Å². The van der Waals surface area contributed by atoms with Gasteiger partial charge in [0.25, 0.3) is 15.4 Å². The van der Waals surface area contributed by atoms with Crippen LogP contribution in [-0.2, 0) is 15.5 Å². The maximum atomic E-state index is 13.0. The van der Waals surface area contributed by atoms with Gasteiger partial charge in [0.05, 0.1) is 17.6 Å². The molecule has 0 bridgehead atoms. The summed E-state index contributed by atoms with van der Waals surface area (Å²) < 4.78 is 25.9. The average Bonchev–Trinajstić information content (AvgIpc) is 2.60. The largest absolute Gasteiger partial charge is 0.309 e. The van der Waals surface area contributed by atoms with E-state index in [2.05, 4.69) is 55.1 Å². The second kappa shape index (κ2) is 9.30. The van der Waals surface area contributed by atoms with E-state index in [1.54, 1.807) is 0 Å². The van der Waals surface area contributed by atoms with Crippen molar-refractivity contribution in [3.05, 3.63) is 59.7 Å². The maximum Gasteiger partial charge on any atom is 0.290 e. The van der Waals surface area contributed by atoms with E-state index < -0.39 is 10.1 Å². The molecule has 0 saturated heterocycles. The fourth-order valence-electron chi connectivity index (χ4n) is 3.25. The first-order chi connectivity index (χ1) is 13.4. The third kappa shape index (κ3) is 6.05. The van der Waals surface area contributed by atoms with Gasteiger partial charge in [-0.1, -0.05) is 62.0 Å². The highest BCUT2D eigenvalue weighted by Gasteiger charge is 2.38. The van der Waals surface area contributed by atoms with E-state index in [0.717, 1.165) is 23.7 Å². The lowest BCUT2D eigenvalue weighted by molar-refractivity contribution is 0.266. The quantitative estimate of drug-likeness (QED) is 0.720. The monoisotopic (exact) mass is 436 g/mol. The second-order valence-corrected chi connectivity index (χ2v) is 10.2. The van der Waals surface area contributed by atoms with E-state index in [-0.39, 0.29) is 10.7 Å². The van der Waals surface area contributed by atoms with E-state index in [1.807, 2.05) is 31.1 Å². The Morgan fingerprint density at radius 1 is 1.03 bits per heavy atom. The number of amides is 1. The van der Waals surface area contributed by atoms with Gasteiger partial charge in [-0.15, -0.1) is 0 Å². The molecule has 8 heteroatoms. The molecule has 0 unspecified atom stereocenters. The Kier molecular flexibility index (Phi) is 7.50. The van der Waals surface area contributed by atoms with Crippen LogP contribution in [0, 0.1) is 0 Å². The fraction of sp³-hybridized carbons (Fsp3) is 0.381. The molecule has 0 fully saturated rings. The molecule has 158 valence electrons. The summed E-state index contributed by atoms with van der Waals surface area (Å²) in [6.45, 7) is 5.34. The van der Waals surface area contributed by atoms with Gasteiger partial charge in [0.15, 0.2) is 0 Å². The molecule has 2 aromatic rings. The number of nitrogens with zero attached hydrogens (tertiary/aromatic N) is 2. The van der Waals surface area contributed by atoms with Crippen molar-refractivity contribution in [3.8, 4) is 0 Å². The topological polar surface area (TPSA) is 77.9 Å². The number of hydrogen-bond acceptors (Lipinski definition) is 5. The lowest BCUT2D eigenvalue weighted by Crippen LogP contribution is -2.35. The summed E-state index contributed by atoms with van der Waals surface area (Å²) in [5, 5.41) is 0.0900. The number of carbonyl (C=O) groups is 1. The Balaban J connectivity index is 0.000000537. The number of rotatable bonds is 3. The van der Waals surface area contributed by atoms with Crippen LogP contribution in [0.15, 0.2) is 48.5 Å². The predicted octanol–water partition coefficient (Wildman–Crippen LogP) is 4.38. The minimum Gasteiger partial charge on any atom is -0.309 e. The summed E-state index contributed by atoms with van der Waals surface area (Å²) in [6, 6.07) is 16.5. The van der Waals surface area contributed by atoms with E-state index in [9.17, 15) is 13.2 Å². The van der Waals surface area contributed by atoms with Gasteiger partial charge in [0, 0.05) is 17.7 Å². The molecule has 0 saturated carbocycles. The molecule has 0 atom stereocenters. The Labute approximate surface area is 177 Å². The average molecular weight is 437 g/mol. The highest BCUT2D eigenvalue weighted by Crippen LogP contribution is 2.49. The van der Waals surface area contributed by atoms with Crippen molar-refractivity contribution in [1.82, 2.24) is 4.90 Å². The van der Waals surface area contributed by atoms with Gasteiger partial charge in [0.2, 0.25) is 0 Å². The van der Waals surface area contributed by atoms with Crippen LogP contribution in [-0.4, -0.2) is 55.8 Å². The summed E-state index contributed by atoms with van der Waals surface area (Å²) in [7, 11) is 0.387. The molecule has 1 amide bonds. The molecule has 6 nitrogen and oxygen atoms in total. The number of fused-ring (bicyclic) bond motifs is 2. The van der Waals surface area contributed by atoms with Crippen LogP contribution in [0.1, 0.15) is 25.0 Å². The Bertz CT molecular complexity index is 915. The molecule has 29 heavy (non-hydrogen) atoms. The van der Waals surface area contributed by atoms with Gasteiger partial charge in [-0.05, 0) is 37.4 Å². The number of anilines is 2. The predicted molar refractivity (Wildman–Crippen MR) is 121 cm³/mol. The van der Waals surface area contributed by atoms with Crippen molar-refractivity contribution >= 4 is 38.5 Å². The lowest BCUT2D eigenvalue weighted by Gasteiger charge is -2.40. The lowest BCUT2D eigenvalue weighted by atomic mass is 9.74. The number of benzene rings is 2. The van der Waals surface area contributed by atoms with E-state index in [1.165, 1.54) is 22.9 Å². The molecule has 3 rings (SSSR count). The third-order valence-corrected chi connectivity index (χ3v) is 5.40. The molecular weight excluding hydrogens is 408 g/mol. The first-order valence-electron chi connectivity index (χ1n) is 9.16. The number of carbonyl (C=O) groups excluding carboxylic acids is 1. The maximum absolute atomic E-state index is 13.0. The fourth-order valence-corrected chi connectivity index (χ4v) is 4.20. The van der Waals surface area contributed by atoms with Crippen molar-refractivity contribution in [3.63, 3.8) is 0 Å². The Morgan fingerprint density at radius 2 is 1.45 bits per heavy atom. The van der Waals surface area contributed by atoms with Crippen molar-refractivity contribution in [1.29, 1.82) is 0 Å². The number of thioether (sulfide) groups is 1. The summed E-state index contributed by atoms with van der Waals surface area (Å²) in [6.07, 6.45) is 0.715. The van der Waals surface area contributed by atoms with Crippen molar-refractivity contribution in [2.45, 2.75) is 19.3 Å². The standard InChI is InChI=1S/C20H24N2OS.CH4O3S/c1-20(2)15-9-5-7-11-17(15)22(18-12-8-6-10-16(18)20)19(23)24-14-13-21(3)4;1-5(2,3)4/h5-12H,13-14H2,1-4H3;1H3,(H,2,3,4). The molecule has 2 aromatic carbocycles. The minimum atomic E-state index is -3.67. The molecular formula is C21H28N2O4S2. The van der Waals surface area contributed by atoms with Gasteiger partial charge in [-0.3, -0.25) is 14.2 Å². The molecule has 0 aromatic heterocycles. The molecule has 0 radical (unpaired) electrons. The first kappa shape index (κ1) is 23.4. The van der Waals surface area contributed by atoms with Crippen molar-refractivity contribution in [2.24, 2.45) is 0 Å². The zero-order chi connectivity index (χ0) is 21.8. The zero-order valence-corrected chi connectivity index (χ0v) is 19.0. The van der Waals surface area contributed by atoms with E-state index in [0.29, 0.717) is 6.26 Å². The van der Waals surface area contributed by atoms with Crippen molar-refractivity contribution < 1.29 is 17.8 Å². The summed E-state index contributed by atoms with van der Waals surface area (Å²) >= 11 is 1.38. The molecule has 1 heterocycles. The Morgan fingerprint density at radius 3 is 1.86 bits per heavy atom. The minimum absolute atomic E-state index is 0.0900. The molecule has 0 spiro atoms. The summed E-state index contributed by atoms with van der Waals surface area (Å²) in [5.41, 5.74) is 4.29. The molecule has 1 aliphatic rings. The van der Waals surface area contributed by atoms with Gasteiger partial charge in [-0.2, -0.15) is 8.42 Å². The highest BCUT2D eigenvalue weighted by molar-refractivity contribution is 8.13. The van der Waals surface area contributed by atoms with Crippen LogP contribution in [0.4, 0.5) is 16.2 Å². The van der Waals surface area contributed by atoms with Gasteiger partial charge >= 0.3 is 0 Å². The van der Waals surface area contributed by atoms with Crippen LogP contribution in [0.5, 0.6) is 0 Å². The van der Waals surface area contributed by atoms with Crippen LogP contribution >= 0.6 is 11.8 Å². The normalized spacial score (nSPS) is 14.5.